The second-order valence-electron chi connectivity index (χ2n) is 7.18. The number of esters is 1. The third-order valence-electron chi connectivity index (χ3n) is 4.33. The van der Waals surface area contributed by atoms with Gasteiger partial charge in [-0.1, -0.05) is 6.07 Å². The van der Waals surface area contributed by atoms with Gasteiger partial charge in [-0.15, -0.1) is 0 Å². The molecule has 0 aliphatic heterocycles. The molecule has 0 spiro atoms. The Morgan fingerprint density at radius 2 is 1.94 bits per heavy atom. The Balaban J connectivity index is 2.32. The lowest BCUT2D eigenvalue weighted by atomic mass is 10.1. The zero-order valence-corrected chi connectivity index (χ0v) is 17.5. The van der Waals surface area contributed by atoms with Gasteiger partial charge in [-0.2, -0.15) is 18.4 Å². The fourth-order valence-corrected chi connectivity index (χ4v) is 3.02. The first-order valence-electron chi connectivity index (χ1n) is 9.39. The normalized spacial score (nSPS) is 11.9. The predicted molar refractivity (Wildman–Crippen MR) is 108 cm³/mol. The van der Waals surface area contributed by atoms with Crippen LogP contribution in [-0.4, -0.2) is 29.1 Å². The smallest absolute Gasteiger partial charge is 0.416 e. The number of aryl methyl sites for hydroxylation is 1. The average molecular weight is 433 g/mol. The fourth-order valence-electron chi connectivity index (χ4n) is 3.02. The van der Waals surface area contributed by atoms with Crippen LogP contribution in [0.1, 0.15) is 36.4 Å². The summed E-state index contributed by atoms with van der Waals surface area (Å²) in [4.78, 5) is 23.8. The summed E-state index contributed by atoms with van der Waals surface area (Å²) in [6.07, 6.45) is -3.19. The molecule has 2 rings (SSSR count). The van der Waals surface area contributed by atoms with Crippen LogP contribution in [0.4, 0.5) is 13.2 Å². The molecule has 0 radical (unpaired) electrons. The molecule has 0 unspecified atom stereocenters. The summed E-state index contributed by atoms with van der Waals surface area (Å²) in [6.45, 7) is 6.33. The largest absolute Gasteiger partial charge is 0.451 e. The summed E-state index contributed by atoms with van der Waals surface area (Å²) in [5.74, 6) is -1.46. The number of hydrogen-bond acceptors (Lipinski definition) is 4. The van der Waals surface area contributed by atoms with Crippen LogP contribution in [0.25, 0.3) is 11.8 Å². The number of carbonyl (C=O) groups is 2. The Labute approximate surface area is 177 Å². The van der Waals surface area contributed by atoms with Crippen molar-refractivity contribution < 1.29 is 27.5 Å². The first kappa shape index (κ1) is 23.7. The van der Waals surface area contributed by atoms with E-state index in [0.717, 1.165) is 12.1 Å². The Kier molecular flexibility index (Phi) is 7.28. The van der Waals surface area contributed by atoms with Gasteiger partial charge in [0.1, 0.15) is 11.6 Å². The van der Waals surface area contributed by atoms with E-state index in [1.54, 1.807) is 44.4 Å². The molecule has 31 heavy (non-hydrogen) atoms. The average Bonchev–Trinajstić information content (AvgIpc) is 2.96. The van der Waals surface area contributed by atoms with E-state index in [9.17, 15) is 28.0 Å². The third-order valence-corrected chi connectivity index (χ3v) is 4.33. The van der Waals surface area contributed by atoms with Crippen LogP contribution < -0.4 is 5.32 Å². The van der Waals surface area contributed by atoms with Crippen molar-refractivity contribution in [3.8, 4) is 11.8 Å². The van der Waals surface area contributed by atoms with E-state index < -0.39 is 30.2 Å². The number of aromatic nitrogens is 1. The van der Waals surface area contributed by atoms with Crippen molar-refractivity contribution in [3.63, 3.8) is 0 Å². The van der Waals surface area contributed by atoms with Crippen molar-refractivity contribution in [2.75, 3.05) is 6.61 Å². The fraction of sp³-hybridized carbons (Fsp3) is 0.318. The lowest BCUT2D eigenvalue weighted by molar-refractivity contribution is -0.144. The summed E-state index contributed by atoms with van der Waals surface area (Å²) in [6, 6.07) is 8.12. The highest BCUT2D eigenvalue weighted by molar-refractivity contribution is 5.99. The maximum Gasteiger partial charge on any atom is 0.416 e. The zero-order valence-electron chi connectivity index (χ0n) is 17.5. The summed E-state index contributed by atoms with van der Waals surface area (Å²) < 4.78 is 45.6. The lowest BCUT2D eigenvalue weighted by Crippen LogP contribution is -2.34. The molecule has 0 aliphatic carbocycles. The molecule has 1 heterocycles. The number of amides is 1. The highest BCUT2D eigenvalue weighted by Gasteiger charge is 2.30. The van der Waals surface area contributed by atoms with Crippen molar-refractivity contribution in [2.45, 2.75) is 39.9 Å². The van der Waals surface area contributed by atoms with Crippen molar-refractivity contribution in [3.05, 3.63) is 58.4 Å². The molecule has 164 valence electrons. The second-order valence-corrected chi connectivity index (χ2v) is 7.18. The number of rotatable bonds is 6. The molecular formula is C22H22F3N3O3. The van der Waals surface area contributed by atoms with Gasteiger partial charge in [-0.05, 0) is 63.6 Å². The third kappa shape index (κ3) is 5.98. The predicted octanol–water partition coefficient (Wildman–Crippen LogP) is 4.09. The number of ether oxygens (including phenoxy) is 1. The Bertz CT molecular complexity index is 1060. The molecule has 9 heteroatoms. The minimum atomic E-state index is -4.48. The molecule has 2 aromatic rings. The zero-order chi connectivity index (χ0) is 23.3. The van der Waals surface area contributed by atoms with Gasteiger partial charge in [0, 0.05) is 23.1 Å². The van der Waals surface area contributed by atoms with Crippen molar-refractivity contribution in [2.24, 2.45) is 0 Å². The van der Waals surface area contributed by atoms with E-state index in [1.165, 1.54) is 18.2 Å². The van der Waals surface area contributed by atoms with Crippen LogP contribution in [0.2, 0.25) is 0 Å². The first-order chi connectivity index (χ1) is 14.4. The van der Waals surface area contributed by atoms with E-state index >= 15 is 0 Å². The quantitative estimate of drug-likeness (QED) is 0.423. The number of halogens is 3. The summed E-state index contributed by atoms with van der Waals surface area (Å²) in [7, 11) is 0. The van der Waals surface area contributed by atoms with Crippen LogP contribution in [-0.2, 0) is 20.5 Å². The van der Waals surface area contributed by atoms with E-state index in [4.69, 9.17) is 4.74 Å². The SMILES string of the molecule is Cc1cc(/C=C(\C#N)C(=O)OCC(=O)NC(C)C)c(C)n1-c1cccc(C(F)(F)F)c1. The second kappa shape index (κ2) is 9.51. The number of nitrogens with zero attached hydrogens (tertiary/aromatic N) is 2. The summed E-state index contributed by atoms with van der Waals surface area (Å²) in [5.41, 5.74) is 0.808. The van der Waals surface area contributed by atoms with Gasteiger partial charge >= 0.3 is 12.1 Å². The van der Waals surface area contributed by atoms with Gasteiger partial charge in [0.05, 0.1) is 5.56 Å². The topological polar surface area (TPSA) is 84.1 Å². The number of nitriles is 1. The van der Waals surface area contributed by atoms with Crippen molar-refractivity contribution in [1.29, 1.82) is 5.26 Å². The van der Waals surface area contributed by atoms with Gasteiger partial charge < -0.3 is 14.6 Å². The maximum atomic E-state index is 13.1. The first-order valence-corrected chi connectivity index (χ1v) is 9.39. The van der Waals surface area contributed by atoms with Crippen LogP contribution in [0.3, 0.4) is 0 Å². The van der Waals surface area contributed by atoms with E-state index in [2.05, 4.69) is 5.32 Å². The Hall–Kier alpha value is -3.54. The summed E-state index contributed by atoms with van der Waals surface area (Å²) >= 11 is 0. The lowest BCUT2D eigenvalue weighted by Gasteiger charge is -2.13. The minimum absolute atomic E-state index is 0.126. The van der Waals surface area contributed by atoms with Crippen molar-refractivity contribution >= 4 is 18.0 Å². The number of carbonyl (C=O) groups excluding carboxylic acids is 2. The standard InChI is InChI=1S/C22H22F3N3O3/c1-13(2)27-20(29)12-31-21(30)17(11-26)9-16-8-14(3)28(15(16)4)19-7-5-6-18(10-19)22(23,24)25/h5-10,13H,12H2,1-4H3,(H,27,29)/b17-9+. The molecular weight excluding hydrogens is 411 g/mol. The maximum absolute atomic E-state index is 13.1. The Morgan fingerprint density at radius 1 is 1.26 bits per heavy atom. The molecule has 1 amide bonds. The number of nitrogens with one attached hydrogen (secondary N) is 1. The molecule has 6 nitrogen and oxygen atoms in total. The van der Waals surface area contributed by atoms with Crippen LogP contribution in [0.5, 0.6) is 0 Å². The van der Waals surface area contributed by atoms with Crippen LogP contribution in [0.15, 0.2) is 35.9 Å². The molecule has 1 aromatic carbocycles. The van der Waals surface area contributed by atoms with Gasteiger partial charge in [0.2, 0.25) is 0 Å². The van der Waals surface area contributed by atoms with Gasteiger partial charge in [0.15, 0.2) is 6.61 Å². The molecule has 0 saturated heterocycles. The molecule has 0 bridgehead atoms. The molecule has 0 atom stereocenters. The van der Waals surface area contributed by atoms with Gasteiger partial charge in [-0.3, -0.25) is 4.79 Å². The van der Waals surface area contributed by atoms with Crippen LogP contribution in [0, 0.1) is 25.2 Å². The monoisotopic (exact) mass is 433 g/mol. The number of hydrogen-bond donors (Lipinski definition) is 1. The number of alkyl halides is 3. The Morgan fingerprint density at radius 3 is 2.52 bits per heavy atom. The van der Waals surface area contributed by atoms with E-state index in [1.807, 2.05) is 0 Å². The summed E-state index contributed by atoms with van der Waals surface area (Å²) in [5, 5.41) is 11.9. The highest BCUT2D eigenvalue weighted by atomic mass is 19.4. The van der Waals surface area contributed by atoms with Gasteiger partial charge in [0.25, 0.3) is 5.91 Å². The molecule has 0 fully saturated rings. The molecule has 0 aliphatic rings. The van der Waals surface area contributed by atoms with E-state index in [0.29, 0.717) is 22.6 Å². The van der Waals surface area contributed by atoms with Gasteiger partial charge in [-0.25, -0.2) is 4.79 Å². The minimum Gasteiger partial charge on any atom is -0.451 e. The van der Waals surface area contributed by atoms with E-state index in [-0.39, 0.29) is 11.6 Å². The highest BCUT2D eigenvalue weighted by Crippen LogP contribution is 2.31. The van der Waals surface area contributed by atoms with Crippen LogP contribution >= 0.6 is 0 Å². The van der Waals surface area contributed by atoms with Crippen molar-refractivity contribution in [1.82, 2.24) is 9.88 Å². The molecule has 0 saturated carbocycles. The number of benzene rings is 1. The molecule has 1 aromatic heterocycles. The molecule has 1 N–H and O–H groups in total.